The molecule has 4 aliphatic rings. The smallest absolute Gasteiger partial charge is 0.330 e. The van der Waals surface area contributed by atoms with Crippen molar-refractivity contribution in [2.24, 2.45) is 28.6 Å². The van der Waals surface area contributed by atoms with Crippen molar-refractivity contribution in [3.05, 3.63) is 23.3 Å². The Morgan fingerprint density at radius 1 is 1.15 bits per heavy atom. The summed E-state index contributed by atoms with van der Waals surface area (Å²) in [5.41, 5.74) is 1.93. The Balaban J connectivity index is 1.71. The van der Waals surface area contributed by atoms with E-state index in [1.807, 2.05) is 6.08 Å². The molecule has 4 nitrogen and oxygen atoms in total. The molecule has 0 radical (unpaired) electrons. The minimum absolute atomic E-state index is 0.0335. The number of esters is 1. The van der Waals surface area contributed by atoms with Crippen LogP contribution < -0.4 is 0 Å². The number of allylic oxidation sites excluding steroid dienone is 2. The molecule has 0 bridgehead atoms. The van der Waals surface area contributed by atoms with E-state index in [-0.39, 0.29) is 28.5 Å². The summed E-state index contributed by atoms with van der Waals surface area (Å²) in [7, 11) is 1.40. The summed E-state index contributed by atoms with van der Waals surface area (Å²) >= 11 is 0. The van der Waals surface area contributed by atoms with Crippen LogP contribution in [0, 0.1) is 28.6 Å². The van der Waals surface area contributed by atoms with Gasteiger partial charge in [-0.25, -0.2) is 4.79 Å². The van der Waals surface area contributed by atoms with Crippen molar-refractivity contribution < 1.29 is 19.1 Å². The first kappa shape index (κ1) is 17.7. The molecule has 3 fully saturated rings. The highest BCUT2D eigenvalue weighted by Crippen LogP contribution is 2.65. The fourth-order valence-corrected chi connectivity index (χ4v) is 6.67. The number of hydrogen-bond donors (Lipinski definition) is 0. The van der Waals surface area contributed by atoms with Crippen LogP contribution in [0.25, 0.3) is 0 Å². The van der Waals surface area contributed by atoms with Crippen molar-refractivity contribution in [3.63, 3.8) is 0 Å². The molecule has 0 aromatic heterocycles. The van der Waals surface area contributed by atoms with Gasteiger partial charge in [0.15, 0.2) is 5.78 Å². The van der Waals surface area contributed by atoms with E-state index < -0.39 is 0 Å². The molecule has 0 aliphatic heterocycles. The van der Waals surface area contributed by atoms with Crippen molar-refractivity contribution in [1.82, 2.24) is 0 Å². The zero-order valence-corrected chi connectivity index (χ0v) is 16.0. The molecule has 0 N–H and O–H groups in total. The van der Waals surface area contributed by atoms with Gasteiger partial charge in [0.25, 0.3) is 0 Å². The van der Waals surface area contributed by atoms with Crippen LogP contribution in [0.2, 0.25) is 0 Å². The standard InChI is InChI=1S/C22H28O4/c1-21-9-8-15(23)10-13(21)4-6-16-17-7-5-14(11-19(25)26-3)22(17,2)12-18(24)20(16)21/h10-11,16-17,20H,4-9,12H2,1-3H3/b14-11-/t16-,17-,20+,21+,22-/m1/s1. The van der Waals surface area contributed by atoms with Crippen molar-refractivity contribution in [3.8, 4) is 0 Å². The molecule has 3 saturated carbocycles. The van der Waals surface area contributed by atoms with Gasteiger partial charge < -0.3 is 4.74 Å². The quantitative estimate of drug-likeness (QED) is 0.530. The molecule has 0 aromatic carbocycles. The van der Waals surface area contributed by atoms with E-state index in [0.717, 1.165) is 37.7 Å². The van der Waals surface area contributed by atoms with E-state index in [9.17, 15) is 14.4 Å². The summed E-state index contributed by atoms with van der Waals surface area (Å²) in [5.74, 6) is 1.06. The van der Waals surface area contributed by atoms with Crippen LogP contribution in [0.15, 0.2) is 23.3 Å². The predicted molar refractivity (Wildman–Crippen MR) is 97.2 cm³/mol. The highest BCUT2D eigenvalue weighted by molar-refractivity contribution is 5.93. The van der Waals surface area contributed by atoms with E-state index in [0.29, 0.717) is 30.5 Å². The summed E-state index contributed by atoms with van der Waals surface area (Å²) in [4.78, 5) is 37.1. The minimum Gasteiger partial charge on any atom is -0.466 e. The van der Waals surface area contributed by atoms with E-state index in [4.69, 9.17) is 4.74 Å². The monoisotopic (exact) mass is 356 g/mol. The number of methoxy groups -OCH3 is 1. The van der Waals surface area contributed by atoms with E-state index in [2.05, 4.69) is 13.8 Å². The lowest BCUT2D eigenvalue weighted by atomic mass is 9.47. The van der Waals surface area contributed by atoms with E-state index in [1.165, 1.54) is 12.7 Å². The Kier molecular flexibility index (Phi) is 4.01. The zero-order chi connectivity index (χ0) is 18.7. The van der Waals surface area contributed by atoms with Crippen LogP contribution in [-0.2, 0) is 19.1 Å². The fraction of sp³-hybridized carbons (Fsp3) is 0.682. The number of Topliss-reactive ketones (excluding diaryl/α,β-unsaturated/α-hetero) is 1. The molecule has 0 unspecified atom stereocenters. The molecule has 0 aromatic rings. The lowest BCUT2D eigenvalue weighted by Crippen LogP contribution is -2.54. The highest BCUT2D eigenvalue weighted by Gasteiger charge is 2.60. The first-order valence-electron chi connectivity index (χ1n) is 9.85. The Morgan fingerprint density at radius 2 is 1.92 bits per heavy atom. The molecular formula is C22H28O4. The normalized spacial score (nSPS) is 43.4. The van der Waals surface area contributed by atoms with Gasteiger partial charge in [-0.05, 0) is 60.8 Å². The lowest BCUT2D eigenvalue weighted by Gasteiger charge is -2.56. The first-order valence-corrected chi connectivity index (χ1v) is 9.85. The Bertz CT molecular complexity index is 745. The van der Waals surface area contributed by atoms with Crippen molar-refractivity contribution in [2.75, 3.05) is 7.11 Å². The molecular weight excluding hydrogens is 328 g/mol. The summed E-state index contributed by atoms with van der Waals surface area (Å²) < 4.78 is 4.83. The van der Waals surface area contributed by atoms with Gasteiger partial charge in [-0.1, -0.05) is 25.0 Å². The molecule has 4 aliphatic carbocycles. The van der Waals surface area contributed by atoms with Crippen LogP contribution in [0.1, 0.15) is 58.8 Å². The number of ether oxygens (including phenoxy) is 1. The number of hydrogen-bond acceptors (Lipinski definition) is 4. The summed E-state index contributed by atoms with van der Waals surface area (Å²) in [6.45, 7) is 4.38. The molecule has 0 spiro atoms. The first-order chi connectivity index (χ1) is 12.3. The van der Waals surface area contributed by atoms with Gasteiger partial charge in [0.1, 0.15) is 5.78 Å². The Morgan fingerprint density at radius 3 is 2.65 bits per heavy atom. The van der Waals surface area contributed by atoms with Gasteiger partial charge in [-0.15, -0.1) is 0 Å². The number of carbonyl (C=O) groups excluding carboxylic acids is 3. The predicted octanol–water partition coefficient (Wildman–Crippen LogP) is 3.80. The average molecular weight is 356 g/mol. The third-order valence-corrected chi connectivity index (χ3v) is 8.00. The summed E-state index contributed by atoms with van der Waals surface area (Å²) in [5, 5.41) is 0. The van der Waals surface area contributed by atoms with Gasteiger partial charge in [0.05, 0.1) is 7.11 Å². The second-order valence-corrected chi connectivity index (χ2v) is 9.13. The molecule has 0 heterocycles. The third kappa shape index (κ3) is 2.37. The molecule has 4 rings (SSSR count). The van der Waals surface area contributed by atoms with Crippen LogP contribution in [0.4, 0.5) is 0 Å². The Hall–Kier alpha value is -1.71. The number of rotatable bonds is 1. The van der Waals surface area contributed by atoms with Gasteiger partial charge in [0, 0.05) is 24.8 Å². The fourth-order valence-electron chi connectivity index (χ4n) is 6.67. The highest BCUT2D eigenvalue weighted by atomic mass is 16.5. The lowest BCUT2D eigenvalue weighted by molar-refractivity contribution is -0.143. The molecule has 5 atom stereocenters. The van der Waals surface area contributed by atoms with Gasteiger partial charge >= 0.3 is 5.97 Å². The molecule has 0 amide bonds. The second kappa shape index (κ2) is 5.90. The summed E-state index contributed by atoms with van der Waals surface area (Å²) in [6.07, 6.45) is 9.17. The maximum atomic E-state index is 13.4. The molecule has 4 heteroatoms. The van der Waals surface area contributed by atoms with Crippen LogP contribution in [-0.4, -0.2) is 24.6 Å². The third-order valence-electron chi connectivity index (χ3n) is 8.00. The molecule has 0 saturated heterocycles. The van der Waals surface area contributed by atoms with Gasteiger partial charge in [-0.2, -0.15) is 0 Å². The second-order valence-electron chi connectivity index (χ2n) is 9.13. The summed E-state index contributed by atoms with van der Waals surface area (Å²) in [6, 6.07) is 0. The average Bonchev–Trinajstić information content (AvgIpc) is 2.91. The zero-order valence-electron chi connectivity index (χ0n) is 16.0. The van der Waals surface area contributed by atoms with E-state index >= 15 is 0 Å². The SMILES string of the molecule is COC(=O)/C=C1/CC[C@@H]2[C@H]3CCC4=CC(=O)CC[C@]4(C)[C@@H]3C(=O)C[C@]12C. The van der Waals surface area contributed by atoms with Crippen molar-refractivity contribution in [2.45, 2.75) is 58.8 Å². The number of fused-ring (bicyclic) bond motifs is 5. The molecule has 26 heavy (non-hydrogen) atoms. The topological polar surface area (TPSA) is 60.4 Å². The number of ketones is 2. The van der Waals surface area contributed by atoms with Crippen molar-refractivity contribution in [1.29, 1.82) is 0 Å². The Labute approximate surface area is 155 Å². The maximum absolute atomic E-state index is 13.4. The largest absolute Gasteiger partial charge is 0.466 e. The van der Waals surface area contributed by atoms with E-state index in [1.54, 1.807) is 6.08 Å². The van der Waals surface area contributed by atoms with Crippen LogP contribution >= 0.6 is 0 Å². The van der Waals surface area contributed by atoms with Crippen LogP contribution in [0.5, 0.6) is 0 Å². The van der Waals surface area contributed by atoms with Crippen molar-refractivity contribution >= 4 is 17.5 Å². The van der Waals surface area contributed by atoms with Crippen LogP contribution in [0.3, 0.4) is 0 Å². The van der Waals surface area contributed by atoms with Gasteiger partial charge in [0.2, 0.25) is 0 Å². The minimum atomic E-state index is -0.317. The number of carbonyl (C=O) groups is 3. The maximum Gasteiger partial charge on any atom is 0.330 e. The molecule has 140 valence electrons. The van der Waals surface area contributed by atoms with Gasteiger partial charge in [-0.3, -0.25) is 9.59 Å².